The lowest BCUT2D eigenvalue weighted by Crippen LogP contribution is -2.35. The lowest BCUT2D eigenvalue weighted by Gasteiger charge is -2.19. The van der Waals surface area contributed by atoms with Gasteiger partial charge in [-0.05, 0) is 56.4 Å². The Morgan fingerprint density at radius 2 is 2.04 bits per heavy atom. The molecule has 0 fully saturated rings. The maximum atomic E-state index is 12.4. The van der Waals surface area contributed by atoms with Crippen LogP contribution in [-0.4, -0.2) is 26.8 Å². The molecule has 4 rings (SSSR count). The number of carbonyl (C=O) groups excluding carboxylic acids is 1. The summed E-state index contributed by atoms with van der Waals surface area (Å²) in [5.74, 6) is -1.20. The summed E-state index contributed by atoms with van der Waals surface area (Å²) in [6.45, 7) is 3.09. The topological polar surface area (TPSA) is 97.4 Å². The Balaban J connectivity index is 1.50. The molecule has 0 saturated heterocycles. The number of rotatable bonds is 5. The van der Waals surface area contributed by atoms with Gasteiger partial charge in [-0.15, -0.1) is 0 Å². The second-order valence-electron chi connectivity index (χ2n) is 7.49. The Kier molecular flexibility index (Phi) is 4.02. The normalized spacial score (nSPS) is 13.7. The summed E-state index contributed by atoms with van der Waals surface area (Å²) in [5, 5.41) is 17.1. The fourth-order valence-electron chi connectivity index (χ4n) is 3.45. The number of benzene rings is 1. The number of furan rings is 1. The molecule has 7 heteroatoms. The Bertz CT molecular complexity index is 1040. The minimum atomic E-state index is -1.19. The number of carboxylic acids is 1. The SMILES string of the molecule is CC(C)(C(=O)O)n1cc(NC(=O)Cc2coc3cc4c(cc23)CCC4)cn1. The van der Waals surface area contributed by atoms with E-state index in [1.807, 2.05) is 0 Å². The molecule has 1 aliphatic carbocycles. The van der Waals surface area contributed by atoms with Crippen molar-refractivity contribution in [2.45, 2.75) is 45.1 Å². The first-order valence-corrected chi connectivity index (χ1v) is 8.95. The number of anilines is 1. The Labute approximate surface area is 156 Å². The first-order valence-electron chi connectivity index (χ1n) is 8.95. The third-order valence-corrected chi connectivity index (χ3v) is 5.18. The van der Waals surface area contributed by atoms with Crippen molar-refractivity contribution in [3.63, 3.8) is 0 Å². The minimum absolute atomic E-state index is 0.180. The average molecular weight is 367 g/mol. The van der Waals surface area contributed by atoms with E-state index < -0.39 is 11.5 Å². The van der Waals surface area contributed by atoms with Gasteiger partial charge in [-0.2, -0.15) is 5.10 Å². The Morgan fingerprint density at radius 3 is 2.78 bits per heavy atom. The zero-order valence-electron chi connectivity index (χ0n) is 15.3. The number of aliphatic carboxylic acids is 1. The molecular formula is C20H21N3O4. The third kappa shape index (κ3) is 3.09. The van der Waals surface area contributed by atoms with Gasteiger partial charge in [0.2, 0.25) is 5.91 Å². The Hall–Kier alpha value is -3.09. The highest BCUT2D eigenvalue weighted by molar-refractivity contribution is 5.95. The average Bonchev–Trinajstić information content (AvgIpc) is 3.33. The van der Waals surface area contributed by atoms with E-state index >= 15 is 0 Å². The van der Waals surface area contributed by atoms with Gasteiger partial charge in [0, 0.05) is 17.1 Å². The highest BCUT2D eigenvalue weighted by Crippen LogP contribution is 2.30. The van der Waals surface area contributed by atoms with Crippen molar-refractivity contribution >= 4 is 28.5 Å². The van der Waals surface area contributed by atoms with E-state index in [0.717, 1.165) is 35.8 Å². The highest BCUT2D eigenvalue weighted by atomic mass is 16.4. The van der Waals surface area contributed by atoms with Crippen LogP contribution in [0.15, 0.2) is 35.2 Å². The molecule has 7 nitrogen and oxygen atoms in total. The van der Waals surface area contributed by atoms with Crippen LogP contribution in [0, 0.1) is 0 Å². The molecule has 1 aliphatic rings. The van der Waals surface area contributed by atoms with Crippen LogP contribution in [0.1, 0.15) is 37.0 Å². The zero-order valence-corrected chi connectivity index (χ0v) is 15.3. The van der Waals surface area contributed by atoms with Gasteiger partial charge in [-0.25, -0.2) is 4.79 Å². The van der Waals surface area contributed by atoms with Crippen LogP contribution >= 0.6 is 0 Å². The molecule has 0 aliphatic heterocycles. The molecule has 3 aromatic rings. The van der Waals surface area contributed by atoms with Crippen LogP contribution in [0.5, 0.6) is 0 Å². The maximum Gasteiger partial charge on any atom is 0.331 e. The number of aromatic nitrogens is 2. The van der Waals surface area contributed by atoms with Crippen LogP contribution in [0.4, 0.5) is 5.69 Å². The van der Waals surface area contributed by atoms with E-state index in [1.54, 1.807) is 20.1 Å². The van der Waals surface area contributed by atoms with Gasteiger partial charge in [-0.3, -0.25) is 9.48 Å². The number of hydrogen-bond donors (Lipinski definition) is 2. The molecule has 0 atom stereocenters. The van der Waals surface area contributed by atoms with Gasteiger partial charge in [0.05, 0.1) is 24.6 Å². The maximum absolute atomic E-state index is 12.4. The number of carbonyl (C=O) groups is 2. The minimum Gasteiger partial charge on any atom is -0.479 e. The monoisotopic (exact) mass is 367 g/mol. The van der Waals surface area contributed by atoms with Crippen molar-refractivity contribution < 1.29 is 19.1 Å². The lowest BCUT2D eigenvalue weighted by molar-refractivity contribution is -0.146. The van der Waals surface area contributed by atoms with E-state index in [4.69, 9.17) is 4.42 Å². The van der Waals surface area contributed by atoms with Crippen molar-refractivity contribution in [3.05, 3.63) is 47.5 Å². The number of nitrogens with zero attached hydrogens (tertiary/aromatic N) is 2. The van der Waals surface area contributed by atoms with Gasteiger partial charge in [0.15, 0.2) is 5.54 Å². The molecular weight excluding hydrogens is 346 g/mol. The largest absolute Gasteiger partial charge is 0.479 e. The molecule has 0 saturated carbocycles. The molecule has 2 aromatic heterocycles. The molecule has 2 N–H and O–H groups in total. The third-order valence-electron chi connectivity index (χ3n) is 5.18. The van der Waals surface area contributed by atoms with Gasteiger partial charge in [0.1, 0.15) is 5.58 Å². The summed E-state index contributed by atoms with van der Waals surface area (Å²) < 4.78 is 6.96. The predicted octanol–water partition coefficient (Wildman–Crippen LogP) is 3.12. The van der Waals surface area contributed by atoms with E-state index in [2.05, 4.69) is 22.5 Å². The van der Waals surface area contributed by atoms with Gasteiger partial charge >= 0.3 is 5.97 Å². The molecule has 140 valence electrons. The number of fused-ring (bicyclic) bond motifs is 2. The van der Waals surface area contributed by atoms with Crippen molar-refractivity contribution in [2.24, 2.45) is 0 Å². The number of carboxylic acid groups (broad SMARTS) is 1. The van der Waals surface area contributed by atoms with Gasteiger partial charge in [-0.1, -0.05) is 0 Å². The van der Waals surface area contributed by atoms with Crippen LogP contribution in [0.2, 0.25) is 0 Å². The first kappa shape index (κ1) is 17.3. The number of hydrogen-bond acceptors (Lipinski definition) is 4. The lowest BCUT2D eigenvalue weighted by atomic mass is 10.0. The molecule has 0 unspecified atom stereocenters. The molecule has 0 radical (unpaired) electrons. The van der Waals surface area contributed by atoms with Crippen LogP contribution in [-0.2, 0) is 34.4 Å². The number of amides is 1. The van der Waals surface area contributed by atoms with E-state index in [0.29, 0.717) is 5.69 Å². The summed E-state index contributed by atoms with van der Waals surface area (Å²) in [5.41, 5.74) is 3.60. The van der Waals surface area contributed by atoms with E-state index in [9.17, 15) is 14.7 Å². The first-order chi connectivity index (χ1) is 12.8. The molecule has 2 heterocycles. The quantitative estimate of drug-likeness (QED) is 0.722. The highest BCUT2D eigenvalue weighted by Gasteiger charge is 2.30. The predicted molar refractivity (Wildman–Crippen MR) is 99.8 cm³/mol. The van der Waals surface area contributed by atoms with E-state index in [-0.39, 0.29) is 12.3 Å². The van der Waals surface area contributed by atoms with Crippen molar-refractivity contribution in [2.75, 3.05) is 5.32 Å². The smallest absolute Gasteiger partial charge is 0.331 e. The summed E-state index contributed by atoms with van der Waals surface area (Å²) in [6, 6.07) is 4.22. The summed E-state index contributed by atoms with van der Waals surface area (Å²) in [7, 11) is 0. The van der Waals surface area contributed by atoms with Gasteiger partial charge in [0.25, 0.3) is 0 Å². The second kappa shape index (κ2) is 6.26. The fourth-order valence-corrected chi connectivity index (χ4v) is 3.45. The molecule has 1 amide bonds. The second-order valence-corrected chi connectivity index (χ2v) is 7.49. The van der Waals surface area contributed by atoms with E-state index in [1.165, 1.54) is 28.2 Å². The zero-order chi connectivity index (χ0) is 19.2. The van der Waals surface area contributed by atoms with Crippen LogP contribution < -0.4 is 5.32 Å². The van der Waals surface area contributed by atoms with Crippen LogP contribution in [0.25, 0.3) is 11.0 Å². The summed E-state index contributed by atoms with van der Waals surface area (Å²) in [6.07, 6.45) is 8.10. The van der Waals surface area contributed by atoms with Crippen molar-refractivity contribution in [1.29, 1.82) is 0 Å². The standard InChI is InChI=1S/C20H21N3O4/c1-20(2,19(25)26)23-10-15(9-21-23)22-18(24)8-14-11-27-17-7-13-5-3-4-12(13)6-16(14)17/h6-7,9-11H,3-5,8H2,1-2H3,(H,22,24)(H,25,26). The summed E-state index contributed by atoms with van der Waals surface area (Å²) in [4.78, 5) is 23.8. The number of aryl methyl sites for hydroxylation is 2. The molecule has 1 aromatic carbocycles. The summed E-state index contributed by atoms with van der Waals surface area (Å²) >= 11 is 0. The van der Waals surface area contributed by atoms with Crippen molar-refractivity contribution in [3.8, 4) is 0 Å². The number of nitrogens with one attached hydrogen (secondary N) is 1. The van der Waals surface area contributed by atoms with Crippen molar-refractivity contribution in [1.82, 2.24) is 9.78 Å². The molecule has 0 spiro atoms. The Morgan fingerprint density at radius 1 is 1.30 bits per heavy atom. The van der Waals surface area contributed by atoms with Gasteiger partial charge < -0.3 is 14.8 Å². The fraction of sp³-hybridized carbons (Fsp3) is 0.350. The van der Waals surface area contributed by atoms with Crippen LogP contribution in [0.3, 0.4) is 0 Å². The molecule has 27 heavy (non-hydrogen) atoms. The molecule has 0 bridgehead atoms.